The highest BCUT2D eigenvalue weighted by Gasteiger charge is 2.21. The van der Waals surface area contributed by atoms with E-state index in [0.29, 0.717) is 5.56 Å². The molecule has 0 unspecified atom stereocenters. The number of rotatable bonds is 5. The zero-order valence-electron chi connectivity index (χ0n) is 12.2. The van der Waals surface area contributed by atoms with Gasteiger partial charge in [0.25, 0.3) is 0 Å². The Bertz CT molecular complexity index is 804. The minimum absolute atomic E-state index is 0.162. The summed E-state index contributed by atoms with van der Waals surface area (Å²) >= 11 is 0. The van der Waals surface area contributed by atoms with E-state index in [0.717, 1.165) is 11.1 Å². The van der Waals surface area contributed by atoms with Crippen LogP contribution in [0.4, 0.5) is 0 Å². The Hall–Kier alpha value is -2.42. The van der Waals surface area contributed by atoms with Crippen LogP contribution in [0.1, 0.15) is 11.1 Å². The molecule has 0 saturated carbocycles. The van der Waals surface area contributed by atoms with Crippen LogP contribution >= 0.6 is 0 Å². The first-order valence-electron chi connectivity index (χ1n) is 6.65. The fourth-order valence-corrected chi connectivity index (χ4v) is 3.17. The van der Waals surface area contributed by atoms with E-state index in [1.54, 1.807) is 0 Å². The summed E-state index contributed by atoms with van der Waals surface area (Å²) in [7, 11) is -2.09. The second-order valence-electron chi connectivity index (χ2n) is 4.87. The first-order chi connectivity index (χ1) is 10.4. The quantitative estimate of drug-likeness (QED) is 0.853. The zero-order valence-corrected chi connectivity index (χ0v) is 13.0. The summed E-state index contributed by atoms with van der Waals surface area (Å²) in [6.45, 7) is 4.15. The molecule has 0 amide bonds. The van der Waals surface area contributed by atoms with Crippen molar-refractivity contribution in [3.05, 3.63) is 72.3 Å². The summed E-state index contributed by atoms with van der Waals surface area (Å²) in [5, 5.41) is 8.76. The lowest BCUT2D eigenvalue weighted by atomic mass is 10.1. The molecule has 0 bridgehead atoms. The van der Waals surface area contributed by atoms with Gasteiger partial charge in [0.15, 0.2) is 0 Å². The second kappa shape index (κ2) is 6.56. The molecule has 5 heteroatoms. The molecule has 2 rings (SSSR count). The molecule has 0 radical (unpaired) electrons. The van der Waals surface area contributed by atoms with Crippen molar-refractivity contribution in [2.75, 3.05) is 13.6 Å². The van der Waals surface area contributed by atoms with Crippen LogP contribution in [0.5, 0.6) is 0 Å². The van der Waals surface area contributed by atoms with Gasteiger partial charge in [0, 0.05) is 13.6 Å². The van der Waals surface area contributed by atoms with Gasteiger partial charge in [-0.2, -0.15) is 9.57 Å². The van der Waals surface area contributed by atoms with Gasteiger partial charge in [-0.05, 0) is 35.4 Å². The van der Waals surface area contributed by atoms with Crippen LogP contribution in [-0.2, 0) is 10.0 Å². The third-order valence-corrected chi connectivity index (χ3v) is 5.10. The molecule has 0 saturated heterocycles. The van der Waals surface area contributed by atoms with E-state index < -0.39 is 10.0 Å². The predicted octanol–water partition coefficient (Wildman–Crippen LogP) is 2.89. The minimum atomic E-state index is -3.60. The highest BCUT2D eigenvalue weighted by atomic mass is 32.2. The van der Waals surface area contributed by atoms with E-state index in [1.807, 2.05) is 36.4 Å². The van der Waals surface area contributed by atoms with Gasteiger partial charge in [0.2, 0.25) is 10.0 Å². The summed E-state index contributed by atoms with van der Waals surface area (Å²) in [5.41, 5.74) is 2.06. The Balaban J connectivity index is 2.18. The molecular weight excluding hydrogens is 296 g/mol. The third kappa shape index (κ3) is 3.42. The zero-order chi connectivity index (χ0) is 16.2. The van der Waals surface area contributed by atoms with Crippen LogP contribution in [0.15, 0.2) is 66.1 Å². The smallest absolute Gasteiger partial charge is 0.207 e. The summed E-state index contributed by atoms with van der Waals surface area (Å²) in [6, 6.07) is 17.3. The van der Waals surface area contributed by atoms with Crippen molar-refractivity contribution in [3.8, 4) is 6.07 Å². The van der Waals surface area contributed by atoms with Gasteiger partial charge in [-0.3, -0.25) is 0 Å². The van der Waals surface area contributed by atoms with Gasteiger partial charge < -0.3 is 0 Å². The number of benzene rings is 2. The molecule has 0 aliphatic heterocycles. The van der Waals surface area contributed by atoms with E-state index in [1.165, 1.54) is 35.6 Å². The van der Waals surface area contributed by atoms with Gasteiger partial charge in [0.05, 0.1) is 16.5 Å². The van der Waals surface area contributed by atoms with Gasteiger partial charge in [0.1, 0.15) is 0 Å². The maximum atomic E-state index is 12.5. The topological polar surface area (TPSA) is 61.2 Å². The number of nitrogens with zero attached hydrogens (tertiary/aromatic N) is 2. The van der Waals surface area contributed by atoms with Crippen LogP contribution in [0, 0.1) is 11.3 Å². The van der Waals surface area contributed by atoms with Crippen LogP contribution in [0.3, 0.4) is 0 Å². The molecule has 112 valence electrons. The van der Waals surface area contributed by atoms with Crippen molar-refractivity contribution < 1.29 is 8.42 Å². The minimum Gasteiger partial charge on any atom is -0.207 e. The van der Waals surface area contributed by atoms with Crippen molar-refractivity contribution in [1.29, 1.82) is 5.26 Å². The summed E-state index contributed by atoms with van der Waals surface area (Å²) in [5.74, 6) is 0. The average Bonchev–Trinajstić information content (AvgIpc) is 2.55. The number of nitriles is 1. The van der Waals surface area contributed by atoms with E-state index in [-0.39, 0.29) is 11.4 Å². The van der Waals surface area contributed by atoms with Gasteiger partial charge in [-0.1, -0.05) is 36.9 Å². The molecular formula is C17H16N2O2S. The number of hydrogen-bond acceptors (Lipinski definition) is 3. The summed E-state index contributed by atoms with van der Waals surface area (Å²) in [6.07, 6.45) is 0. The van der Waals surface area contributed by atoms with Crippen LogP contribution in [-0.4, -0.2) is 26.3 Å². The second-order valence-corrected chi connectivity index (χ2v) is 6.91. The molecule has 0 N–H and O–H groups in total. The fraction of sp³-hybridized carbons (Fsp3) is 0.118. The van der Waals surface area contributed by atoms with Crippen molar-refractivity contribution in [2.45, 2.75) is 4.90 Å². The lowest BCUT2D eigenvalue weighted by molar-refractivity contribution is 0.502. The Morgan fingerprint density at radius 2 is 1.73 bits per heavy atom. The van der Waals surface area contributed by atoms with E-state index in [9.17, 15) is 8.42 Å². The molecule has 0 spiro atoms. The molecule has 0 aliphatic carbocycles. The molecule has 0 fully saturated rings. The van der Waals surface area contributed by atoms with E-state index >= 15 is 0 Å². The summed E-state index contributed by atoms with van der Waals surface area (Å²) < 4.78 is 26.3. The Morgan fingerprint density at radius 1 is 1.14 bits per heavy atom. The average molecular weight is 312 g/mol. The molecule has 2 aromatic carbocycles. The van der Waals surface area contributed by atoms with Crippen molar-refractivity contribution in [2.24, 2.45) is 0 Å². The largest absolute Gasteiger partial charge is 0.243 e. The Kier molecular flexibility index (Phi) is 4.76. The maximum Gasteiger partial charge on any atom is 0.243 e. The fourth-order valence-electron chi connectivity index (χ4n) is 2.00. The van der Waals surface area contributed by atoms with Crippen molar-refractivity contribution >= 4 is 15.6 Å². The molecule has 0 aromatic heterocycles. The highest BCUT2D eigenvalue weighted by Crippen LogP contribution is 2.19. The highest BCUT2D eigenvalue weighted by molar-refractivity contribution is 7.89. The van der Waals surface area contributed by atoms with Crippen molar-refractivity contribution in [1.82, 2.24) is 4.31 Å². The van der Waals surface area contributed by atoms with Crippen LogP contribution in [0.25, 0.3) is 5.57 Å². The normalized spacial score (nSPS) is 11.1. The van der Waals surface area contributed by atoms with Gasteiger partial charge in [-0.25, -0.2) is 8.42 Å². The summed E-state index contributed by atoms with van der Waals surface area (Å²) in [4.78, 5) is 0.162. The van der Waals surface area contributed by atoms with E-state index in [2.05, 4.69) is 6.58 Å². The lowest BCUT2D eigenvalue weighted by Crippen LogP contribution is -2.28. The monoisotopic (exact) mass is 312 g/mol. The third-order valence-electron chi connectivity index (χ3n) is 3.29. The molecule has 22 heavy (non-hydrogen) atoms. The van der Waals surface area contributed by atoms with Crippen LogP contribution in [0.2, 0.25) is 0 Å². The Labute approximate surface area is 131 Å². The number of hydrogen-bond donors (Lipinski definition) is 0. The molecule has 0 heterocycles. The number of likely N-dealkylation sites (N-methyl/N-ethyl adjacent to an activating group) is 1. The number of sulfonamides is 1. The van der Waals surface area contributed by atoms with Gasteiger partial charge in [-0.15, -0.1) is 0 Å². The van der Waals surface area contributed by atoms with Gasteiger partial charge >= 0.3 is 0 Å². The predicted molar refractivity (Wildman–Crippen MR) is 86.4 cm³/mol. The molecule has 4 nitrogen and oxygen atoms in total. The molecule has 2 aromatic rings. The first kappa shape index (κ1) is 16.0. The van der Waals surface area contributed by atoms with E-state index in [4.69, 9.17) is 5.26 Å². The van der Waals surface area contributed by atoms with Crippen LogP contribution < -0.4 is 0 Å². The lowest BCUT2D eigenvalue weighted by Gasteiger charge is -2.18. The Morgan fingerprint density at radius 3 is 2.27 bits per heavy atom. The maximum absolute atomic E-state index is 12.5. The molecule has 0 atom stereocenters. The van der Waals surface area contributed by atoms with Crippen molar-refractivity contribution in [3.63, 3.8) is 0 Å². The standard InChI is InChI=1S/C17H16N2O2S/c1-14(16-6-4-3-5-7-16)13-19(2)22(20,21)17-10-8-15(12-18)9-11-17/h3-11H,1,13H2,2H3. The molecule has 0 aliphatic rings. The SMILES string of the molecule is C=C(CN(C)S(=O)(=O)c1ccc(C#N)cc1)c1ccccc1. The first-order valence-corrected chi connectivity index (χ1v) is 8.09.